The Kier molecular flexibility index (Phi) is 6.08. The third-order valence-corrected chi connectivity index (χ3v) is 6.88. The number of benzene rings is 1. The van der Waals surface area contributed by atoms with E-state index in [9.17, 15) is 9.59 Å². The van der Waals surface area contributed by atoms with Gasteiger partial charge in [-0.05, 0) is 37.1 Å². The maximum Gasteiger partial charge on any atom is 0.332 e. The van der Waals surface area contributed by atoms with Gasteiger partial charge in [-0.1, -0.05) is 30.0 Å². The number of fused-ring (bicyclic) bond motifs is 1. The van der Waals surface area contributed by atoms with E-state index in [1.165, 1.54) is 20.9 Å². The van der Waals surface area contributed by atoms with Gasteiger partial charge in [0.15, 0.2) is 22.1 Å². The first-order valence-electron chi connectivity index (χ1n) is 11.1. The second-order valence-electron chi connectivity index (χ2n) is 8.20. The molecule has 5 rings (SSSR count). The molecule has 10 nitrogen and oxygen atoms in total. The quantitative estimate of drug-likeness (QED) is 0.256. The average molecular weight is 489 g/mol. The van der Waals surface area contributed by atoms with Crippen LogP contribution in [0.15, 0.2) is 69.9 Å². The molecular formula is C24H24N8O2S. The lowest BCUT2D eigenvalue weighted by atomic mass is 10.2. The molecule has 4 aromatic heterocycles. The Morgan fingerprint density at radius 1 is 1.03 bits per heavy atom. The molecule has 0 aliphatic rings. The summed E-state index contributed by atoms with van der Waals surface area (Å²) in [4.78, 5) is 34.1. The summed E-state index contributed by atoms with van der Waals surface area (Å²) < 4.78 is 6.37. The third kappa shape index (κ3) is 4.08. The molecule has 5 aromatic rings. The van der Waals surface area contributed by atoms with E-state index in [1.807, 2.05) is 47.9 Å². The molecule has 0 unspecified atom stereocenters. The lowest BCUT2D eigenvalue weighted by Crippen LogP contribution is -2.39. The number of para-hydroxylation sites is 1. The first-order chi connectivity index (χ1) is 17.0. The highest BCUT2D eigenvalue weighted by Crippen LogP contribution is 2.29. The van der Waals surface area contributed by atoms with Gasteiger partial charge in [0.05, 0.1) is 12.0 Å². The van der Waals surface area contributed by atoms with Crippen LogP contribution in [0.25, 0.3) is 28.2 Å². The molecule has 0 N–H and O–H groups in total. The van der Waals surface area contributed by atoms with Gasteiger partial charge in [-0.2, -0.15) is 0 Å². The Hall–Kier alpha value is -3.99. The van der Waals surface area contributed by atoms with Crippen molar-refractivity contribution in [2.45, 2.75) is 25.0 Å². The van der Waals surface area contributed by atoms with Crippen LogP contribution < -0.4 is 11.2 Å². The monoisotopic (exact) mass is 488 g/mol. The second kappa shape index (κ2) is 9.34. The van der Waals surface area contributed by atoms with Gasteiger partial charge in [0.1, 0.15) is 0 Å². The normalized spacial score (nSPS) is 11.4. The minimum atomic E-state index is -0.367. The standard InChI is InChI=1S/C24H24N8O2S/c1-16-8-4-5-10-18(16)32-20(17-9-6-11-25-14-17)27-28-23(32)35-13-7-12-31-22(33)19-21(26-15-29(19)2)30(3)24(31)34/h4-6,8-11,14-15H,7,12-13H2,1-3H3. The highest BCUT2D eigenvalue weighted by atomic mass is 32.2. The molecule has 0 atom stereocenters. The van der Waals surface area contributed by atoms with Gasteiger partial charge in [-0.3, -0.25) is 23.5 Å². The molecule has 0 aliphatic carbocycles. The Labute approximate surface area is 204 Å². The zero-order valence-electron chi connectivity index (χ0n) is 19.6. The zero-order chi connectivity index (χ0) is 24.5. The fourth-order valence-electron chi connectivity index (χ4n) is 4.06. The molecular weight excluding hydrogens is 464 g/mol. The molecule has 0 spiro atoms. The number of aryl methyl sites for hydroxylation is 3. The van der Waals surface area contributed by atoms with Crippen LogP contribution in [0, 0.1) is 6.92 Å². The second-order valence-corrected chi connectivity index (χ2v) is 9.26. The molecule has 0 amide bonds. The Bertz CT molecular complexity index is 1630. The van der Waals surface area contributed by atoms with E-state index in [2.05, 4.69) is 20.2 Å². The predicted molar refractivity (Wildman–Crippen MR) is 135 cm³/mol. The Morgan fingerprint density at radius 3 is 2.63 bits per heavy atom. The van der Waals surface area contributed by atoms with Crippen LogP contribution in [-0.2, 0) is 20.6 Å². The summed E-state index contributed by atoms with van der Waals surface area (Å²) in [6, 6.07) is 11.9. The number of nitrogens with zero attached hydrogens (tertiary/aromatic N) is 8. The third-order valence-electron chi connectivity index (χ3n) is 5.87. The number of pyridine rings is 1. The maximum atomic E-state index is 12.9. The van der Waals surface area contributed by atoms with Crippen molar-refractivity contribution in [2.24, 2.45) is 14.1 Å². The van der Waals surface area contributed by atoms with Gasteiger partial charge in [0, 0.05) is 44.4 Å². The van der Waals surface area contributed by atoms with E-state index in [0.717, 1.165) is 22.0 Å². The van der Waals surface area contributed by atoms with Crippen LogP contribution in [-0.4, -0.2) is 44.2 Å². The summed E-state index contributed by atoms with van der Waals surface area (Å²) in [6.07, 6.45) is 5.64. The number of aromatic nitrogens is 8. The average Bonchev–Trinajstić information content (AvgIpc) is 3.47. The van der Waals surface area contributed by atoms with Gasteiger partial charge < -0.3 is 4.57 Å². The first-order valence-corrected chi connectivity index (χ1v) is 12.1. The van der Waals surface area contributed by atoms with E-state index < -0.39 is 0 Å². The summed E-state index contributed by atoms with van der Waals surface area (Å²) in [5.74, 6) is 1.36. The summed E-state index contributed by atoms with van der Waals surface area (Å²) in [7, 11) is 3.38. The van der Waals surface area contributed by atoms with E-state index in [1.54, 1.807) is 37.4 Å². The molecule has 35 heavy (non-hydrogen) atoms. The van der Waals surface area contributed by atoms with Gasteiger partial charge in [-0.25, -0.2) is 9.78 Å². The van der Waals surface area contributed by atoms with Crippen LogP contribution >= 0.6 is 11.8 Å². The summed E-state index contributed by atoms with van der Waals surface area (Å²) in [5, 5.41) is 9.64. The largest absolute Gasteiger partial charge is 0.332 e. The summed E-state index contributed by atoms with van der Waals surface area (Å²) in [6.45, 7) is 2.35. The van der Waals surface area contributed by atoms with Gasteiger partial charge in [0.2, 0.25) is 0 Å². The van der Waals surface area contributed by atoms with Gasteiger partial charge >= 0.3 is 5.69 Å². The number of hydrogen-bond donors (Lipinski definition) is 0. The first kappa shape index (κ1) is 22.8. The van der Waals surface area contributed by atoms with Crippen molar-refractivity contribution in [1.29, 1.82) is 0 Å². The molecule has 0 saturated heterocycles. The van der Waals surface area contributed by atoms with Crippen molar-refractivity contribution in [2.75, 3.05) is 5.75 Å². The molecule has 11 heteroatoms. The van der Waals surface area contributed by atoms with Gasteiger partial charge in [-0.15, -0.1) is 10.2 Å². The predicted octanol–water partition coefficient (Wildman–Crippen LogP) is 2.57. The number of hydrogen-bond acceptors (Lipinski definition) is 7. The van der Waals surface area contributed by atoms with Crippen LogP contribution in [0.2, 0.25) is 0 Å². The van der Waals surface area contributed by atoms with Crippen LogP contribution in [0.1, 0.15) is 12.0 Å². The van der Waals surface area contributed by atoms with Crippen molar-refractivity contribution in [3.8, 4) is 17.1 Å². The summed E-state index contributed by atoms with van der Waals surface area (Å²) >= 11 is 1.54. The SMILES string of the molecule is Cc1ccccc1-n1c(SCCCn2c(=O)c3c(ncn3C)n(C)c2=O)nnc1-c1cccnc1. The Balaban J connectivity index is 1.41. The molecule has 0 saturated carbocycles. The molecule has 0 fully saturated rings. The topological polar surface area (TPSA) is 105 Å². The molecule has 0 radical (unpaired) electrons. The van der Waals surface area contributed by atoms with Crippen LogP contribution in [0.5, 0.6) is 0 Å². The lowest BCUT2D eigenvalue weighted by Gasteiger charge is -2.13. The number of imidazole rings is 1. The number of thioether (sulfide) groups is 1. The van der Waals surface area contributed by atoms with E-state index >= 15 is 0 Å². The maximum absolute atomic E-state index is 12.9. The summed E-state index contributed by atoms with van der Waals surface area (Å²) in [5.41, 5.74) is 3.07. The van der Waals surface area contributed by atoms with Crippen molar-refractivity contribution in [3.05, 3.63) is 81.5 Å². The number of rotatable bonds is 7. The van der Waals surface area contributed by atoms with Crippen molar-refractivity contribution in [1.82, 2.24) is 38.4 Å². The van der Waals surface area contributed by atoms with Crippen molar-refractivity contribution >= 4 is 22.9 Å². The fourth-order valence-corrected chi connectivity index (χ4v) is 4.92. The minimum Gasteiger partial charge on any atom is -0.328 e. The fraction of sp³-hybridized carbons (Fsp3) is 0.250. The molecule has 178 valence electrons. The van der Waals surface area contributed by atoms with Crippen LogP contribution in [0.3, 0.4) is 0 Å². The molecule has 4 heterocycles. The highest BCUT2D eigenvalue weighted by Gasteiger charge is 2.18. The highest BCUT2D eigenvalue weighted by molar-refractivity contribution is 7.99. The zero-order valence-corrected chi connectivity index (χ0v) is 20.4. The smallest absolute Gasteiger partial charge is 0.328 e. The molecule has 1 aromatic carbocycles. The van der Waals surface area contributed by atoms with Crippen LogP contribution in [0.4, 0.5) is 0 Å². The van der Waals surface area contributed by atoms with E-state index in [4.69, 9.17) is 0 Å². The van der Waals surface area contributed by atoms with Crippen molar-refractivity contribution < 1.29 is 0 Å². The minimum absolute atomic E-state index is 0.299. The Morgan fingerprint density at radius 2 is 1.86 bits per heavy atom. The molecule has 0 bridgehead atoms. The lowest BCUT2D eigenvalue weighted by molar-refractivity contribution is 0.594. The van der Waals surface area contributed by atoms with Crippen molar-refractivity contribution in [3.63, 3.8) is 0 Å². The van der Waals surface area contributed by atoms with E-state index in [-0.39, 0.29) is 11.2 Å². The van der Waals surface area contributed by atoms with Gasteiger partial charge in [0.25, 0.3) is 5.56 Å². The van der Waals surface area contributed by atoms with E-state index in [0.29, 0.717) is 35.7 Å². The molecule has 0 aliphatic heterocycles.